The van der Waals surface area contributed by atoms with E-state index in [0.29, 0.717) is 24.6 Å². The molecule has 26 heavy (non-hydrogen) atoms. The minimum atomic E-state index is -0.0437. The Labute approximate surface area is 157 Å². The number of likely N-dealkylation sites (N-methyl/N-ethyl adjacent to an activating group) is 1. The molecule has 1 fully saturated rings. The number of nitrogens with one attached hydrogen (secondary N) is 2. The number of hydrogen-bond donors (Lipinski definition) is 2. The molecule has 0 bridgehead atoms. The first-order valence-electron chi connectivity index (χ1n) is 9.52. The lowest BCUT2D eigenvalue weighted by molar-refractivity contribution is -0.131. The van der Waals surface area contributed by atoms with Crippen molar-refractivity contribution in [3.63, 3.8) is 0 Å². The molecule has 4 rings (SSSR count). The smallest absolute Gasteiger partial charge is 0.259 e. The van der Waals surface area contributed by atoms with Crippen LogP contribution in [0.2, 0.25) is 0 Å². The number of H-pyrrole nitrogens is 1. The molecule has 1 aliphatic heterocycles. The highest BCUT2D eigenvalue weighted by Gasteiger charge is 2.24. The number of rotatable bonds is 4. The average molecular weight is 375 g/mol. The summed E-state index contributed by atoms with van der Waals surface area (Å²) in [6.45, 7) is 4.09. The number of aromatic amines is 1. The Hall–Kier alpha value is -1.73. The molecule has 0 saturated carbocycles. The van der Waals surface area contributed by atoms with Gasteiger partial charge in [0.15, 0.2) is 0 Å². The lowest BCUT2D eigenvalue weighted by atomic mass is 9.89. The predicted octanol–water partition coefficient (Wildman–Crippen LogP) is 1.86. The predicted molar refractivity (Wildman–Crippen MR) is 104 cm³/mol. The Balaban J connectivity index is 1.50. The van der Waals surface area contributed by atoms with E-state index in [1.54, 1.807) is 11.3 Å². The summed E-state index contributed by atoms with van der Waals surface area (Å²) in [4.78, 5) is 36.6. The van der Waals surface area contributed by atoms with Gasteiger partial charge in [0.1, 0.15) is 10.7 Å². The van der Waals surface area contributed by atoms with E-state index in [2.05, 4.69) is 22.2 Å². The number of nitrogens with zero attached hydrogens (tertiary/aromatic N) is 2. The van der Waals surface area contributed by atoms with E-state index < -0.39 is 0 Å². The molecule has 2 aromatic heterocycles. The van der Waals surface area contributed by atoms with Crippen LogP contribution >= 0.6 is 11.3 Å². The van der Waals surface area contributed by atoms with Gasteiger partial charge in [-0.15, -0.1) is 11.3 Å². The first kappa shape index (κ1) is 17.7. The summed E-state index contributed by atoms with van der Waals surface area (Å²) >= 11 is 1.66. The second kappa shape index (κ2) is 7.12. The van der Waals surface area contributed by atoms with Crippen molar-refractivity contribution in [3.05, 3.63) is 26.6 Å². The third-order valence-electron chi connectivity index (χ3n) is 5.77. The molecule has 140 valence electrons. The van der Waals surface area contributed by atoms with E-state index in [1.807, 2.05) is 11.9 Å². The van der Waals surface area contributed by atoms with Crippen molar-refractivity contribution < 1.29 is 4.79 Å². The van der Waals surface area contributed by atoms with Gasteiger partial charge in [-0.1, -0.05) is 6.92 Å². The van der Waals surface area contributed by atoms with Crippen molar-refractivity contribution in [1.29, 1.82) is 0 Å². The number of fused-ring (bicyclic) bond motifs is 3. The third kappa shape index (κ3) is 3.30. The maximum absolute atomic E-state index is 12.6. The monoisotopic (exact) mass is 374 g/mol. The summed E-state index contributed by atoms with van der Waals surface area (Å²) < 4.78 is 0. The van der Waals surface area contributed by atoms with Gasteiger partial charge in [-0.25, -0.2) is 4.98 Å². The van der Waals surface area contributed by atoms with Gasteiger partial charge >= 0.3 is 0 Å². The van der Waals surface area contributed by atoms with Crippen LogP contribution in [-0.2, 0) is 24.1 Å². The highest BCUT2D eigenvalue weighted by Crippen LogP contribution is 2.35. The van der Waals surface area contributed by atoms with Gasteiger partial charge < -0.3 is 15.2 Å². The summed E-state index contributed by atoms with van der Waals surface area (Å²) in [6, 6.07) is 0.281. The topological polar surface area (TPSA) is 78.1 Å². The molecule has 1 amide bonds. The van der Waals surface area contributed by atoms with Crippen LogP contribution in [-0.4, -0.2) is 47.0 Å². The van der Waals surface area contributed by atoms with Gasteiger partial charge in [0, 0.05) is 37.4 Å². The molecule has 6 nitrogen and oxygen atoms in total. The summed E-state index contributed by atoms with van der Waals surface area (Å²) in [7, 11) is 1.87. The van der Waals surface area contributed by atoms with Crippen molar-refractivity contribution in [2.75, 3.05) is 20.1 Å². The zero-order chi connectivity index (χ0) is 18.3. The van der Waals surface area contributed by atoms with E-state index in [4.69, 9.17) is 0 Å². The molecular weight excluding hydrogens is 348 g/mol. The van der Waals surface area contributed by atoms with E-state index in [0.717, 1.165) is 49.0 Å². The number of aromatic nitrogens is 2. The van der Waals surface area contributed by atoms with E-state index in [-0.39, 0.29) is 17.5 Å². The fourth-order valence-electron chi connectivity index (χ4n) is 4.09. The SMILES string of the molecule is CC1CCc2c(sc3nc(CCC(=O)N(C)C4CCNC4)[nH]c(=O)c23)C1. The maximum atomic E-state index is 12.6. The zero-order valence-electron chi connectivity index (χ0n) is 15.4. The summed E-state index contributed by atoms with van der Waals surface area (Å²) in [5.41, 5.74) is 1.16. The molecule has 0 aromatic carbocycles. The fraction of sp³-hybridized carbons (Fsp3) is 0.632. The van der Waals surface area contributed by atoms with Crippen LogP contribution in [0.3, 0.4) is 0 Å². The van der Waals surface area contributed by atoms with Crippen molar-refractivity contribution in [3.8, 4) is 0 Å². The second-order valence-corrected chi connectivity index (χ2v) is 8.78. The van der Waals surface area contributed by atoms with Crippen molar-refractivity contribution in [1.82, 2.24) is 20.2 Å². The molecule has 2 atom stereocenters. The summed E-state index contributed by atoms with van der Waals surface area (Å²) in [5, 5.41) is 4.06. The van der Waals surface area contributed by atoms with Crippen molar-refractivity contribution in [2.24, 2.45) is 5.92 Å². The molecule has 2 N–H and O–H groups in total. The molecule has 0 radical (unpaired) electrons. The molecule has 2 aromatic rings. The average Bonchev–Trinajstić information content (AvgIpc) is 3.26. The second-order valence-electron chi connectivity index (χ2n) is 7.70. The molecule has 0 spiro atoms. The van der Waals surface area contributed by atoms with Gasteiger partial charge in [-0.2, -0.15) is 0 Å². The lowest BCUT2D eigenvalue weighted by Crippen LogP contribution is -2.38. The summed E-state index contributed by atoms with van der Waals surface area (Å²) in [6.07, 6.45) is 5.01. The minimum absolute atomic E-state index is 0.0437. The Kier molecular flexibility index (Phi) is 4.84. The number of thiophene rings is 1. The largest absolute Gasteiger partial charge is 0.341 e. The Morgan fingerprint density at radius 1 is 1.38 bits per heavy atom. The van der Waals surface area contributed by atoms with E-state index in [1.165, 1.54) is 10.4 Å². The highest BCUT2D eigenvalue weighted by atomic mass is 32.1. The third-order valence-corrected chi connectivity index (χ3v) is 6.91. The van der Waals surface area contributed by atoms with Gasteiger partial charge in [-0.05, 0) is 43.7 Å². The van der Waals surface area contributed by atoms with Gasteiger partial charge in [-0.3, -0.25) is 9.59 Å². The summed E-state index contributed by atoms with van der Waals surface area (Å²) in [5.74, 6) is 1.41. The molecule has 3 heterocycles. The molecule has 2 aliphatic rings. The lowest BCUT2D eigenvalue weighted by Gasteiger charge is -2.23. The van der Waals surface area contributed by atoms with Crippen LogP contribution in [0.5, 0.6) is 0 Å². The number of amides is 1. The molecule has 1 saturated heterocycles. The van der Waals surface area contributed by atoms with Gasteiger partial charge in [0.2, 0.25) is 5.91 Å². The van der Waals surface area contributed by atoms with Crippen LogP contribution in [0, 0.1) is 5.92 Å². The van der Waals surface area contributed by atoms with Crippen LogP contribution in [0.4, 0.5) is 0 Å². The minimum Gasteiger partial charge on any atom is -0.341 e. The van der Waals surface area contributed by atoms with Crippen LogP contribution in [0.15, 0.2) is 4.79 Å². The van der Waals surface area contributed by atoms with Crippen molar-refractivity contribution in [2.45, 2.75) is 51.5 Å². The Morgan fingerprint density at radius 3 is 3.00 bits per heavy atom. The first-order chi connectivity index (χ1) is 12.5. The number of carbonyl (C=O) groups is 1. The number of aryl methyl sites for hydroxylation is 2. The van der Waals surface area contributed by atoms with Crippen LogP contribution in [0.1, 0.15) is 42.5 Å². The van der Waals surface area contributed by atoms with Crippen molar-refractivity contribution >= 4 is 27.5 Å². The Bertz CT molecular complexity index is 882. The normalized spacial score (nSPS) is 22.5. The van der Waals surface area contributed by atoms with E-state index in [9.17, 15) is 9.59 Å². The highest BCUT2D eigenvalue weighted by molar-refractivity contribution is 7.18. The zero-order valence-corrected chi connectivity index (χ0v) is 16.2. The number of hydrogen-bond acceptors (Lipinski definition) is 5. The van der Waals surface area contributed by atoms with Gasteiger partial charge in [0.05, 0.1) is 5.39 Å². The molecule has 2 unspecified atom stereocenters. The maximum Gasteiger partial charge on any atom is 0.259 e. The quantitative estimate of drug-likeness (QED) is 0.856. The molecular formula is C19H26N4O2S. The fourth-order valence-corrected chi connectivity index (χ4v) is 5.49. The van der Waals surface area contributed by atoms with Crippen LogP contribution < -0.4 is 10.9 Å². The number of carbonyl (C=O) groups excluding carboxylic acids is 1. The van der Waals surface area contributed by atoms with E-state index >= 15 is 0 Å². The van der Waals surface area contributed by atoms with Crippen LogP contribution in [0.25, 0.3) is 10.2 Å². The molecule has 1 aliphatic carbocycles. The first-order valence-corrected chi connectivity index (χ1v) is 10.3. The molecule has 7 heteroatoms. The van der Waals surface area contributed by atoms with Gasteiger partial charge in [0.25, 0.3) is 5.56 Å². The standard InChI is InChI=1S/C19H26N4O2S/c1-11-3-4-13-14(9-11)26-19-17(13)18(25)21-15(22-19)5-6-16(24)23(2)12-7-8-20-10-12/h11-12,20H,3-10H2,1-2H3,(H,21,22,25). The Morgan fingerprint density at radius 2 is 2.23 bits per heavy atom.